The highest BCUT2D eigenvalue weighted by Crippen LogP contribution is 2.06. The van der Waals surface area contributed by atoms with Crippen LogP contribution in [0.25, 0.3) is 11.2 Å². The van der Waals surface area contributed by atoms with Crippen molar-refractivity contribution in [3.05, 3.63) is 63.1 Å². The maximum absolute atomic E-state index is 11.8. The number of nitrogens with zero attached hydrogens (tertiary/aromatic N) is 2. The van der Waals surface area contributed by atoms with Crippen molar-refractivity contribution in [2.75, 3.05) is 0 Å². The first-order chi connectivity index (χ1) is 9.24. The SMILES string of the molecule is O=c1[nH]c(=O)c2c(ncn2CCc2ccccc2)[nH]1. The molecule has 2 N–H and O–H groups in total. The second kappa shape index (κ2) is 4.56. The standard InChI is InChI=1S/C13H12N4O2/c18-12-10-11(15-13(19)16-12)14-8-17(10)7-6-9-4-2-1-3-5-9/h1-5,8H,6-7H2,(H2,15,16,18,19). The zero-order valence-electron chi connectivity index (χ0n) is 10.1. The van der Waals surface area contributed by atoms with Gasteiger partial charge in [0.1, 0.15) is 0 Å². The van der Waals surface area contributed by atoms with Crippen molar-refractivity contribution >= 4 is 11.2 Å². The number of fused-ring (bicyclic) bond motifs is 1. The summed E-state index contributed by atoms with van der Waals surface area (Å²) in [5, 5.41) is 0. The Morgan fingerprint density at radius 3 is 2.68 bits per heavy atom. The molecule has 6 heteroatoms. The van der Waals surface area contributed by atoms with Gasteiger partial charge in [-0.15, -0.1) is 0 Å². The number of benzene rings is 1. The molecule has 0 unspecified atom stereocenters. The Bertz CT molecular complexity index is 814. The lowest BCUT2D eigenvalue weighted by atomic mass is 10.1. The van der Waals surface area contributed by atoms with Gasteiger partial charge in [0.2, 0.25) is 0 Å². The van der Waals surface area contributed by atoms with Crippen LogP contribution in [-0.2, 0) is 13.0 Å². The molecule has 0 saturated heterocycles. The van der Waals surface area contributed by atoms with E-state index >= 15 is 0 Å². The van der Waals surface area contributed by atoms with E-state index in [0.29, 0.717) is 17.7 Å². The third-order valence-electron chi connectivity index (χ3n) is 3.00. The van der Waals surface area contributed by atoms with Crippen molar-refractivity contribution < 1.29 is 0 Å². The zero-order valence-corrected chi connectivity index (χ0v) is 10.1. The van der Waals surface area contributed by atoms with Crippen LogP contribution < -0.4 is 11.2 Å². The molecule has 0 aliphatic heterocycles. The van der Waals surface area contributed by atoms with Gasteiger partial charge < -0.3 is 4.57 Å². The molecule has 0 aliphatic carbocycles. The number of nitrogens with one attached hydrogen (secondary N) is 2. The predicted octanol–water partition coefficient (Wildman–Crippen LogP) is 0.656. The van der Waals surface area contributed by atoms with E-state index in [0.717, 1.165) is 6.42 Å². The van der Waals surface area contributed by atoms with Crippen LogP contribution in [0, 0.1) is 0 Å². The van der Waals surface area contributed by atoms with Crippen molar-refractivity contribution in [3.63, 3.8) is 0 Å². The Kier molecular flexibility index (Phi) is 2.75. The fraction of sp³-hybridized carbons (Fsp3) is 0.154. The molecule has 2 aromatic heterocycles. The molecule has 19 heavy (non-hydrogen) atoms. The lowest BCUT2D eigenvalue weighted by Gasteiger charge is -2.03. The maximum atomic E-state index is 11.8. The summed E-state index contributed by atoms with van der Waals surface area (Å²) in [6.45, 7) is 0.635. The van der Waals surface area contributed by atoms with E-state index in [1.807, 2.05) is 30.3 Å². The van der Waals surface area contributed by atoms with Gasteiger partial charge in [0.15, 0.2) is 11.2 Å². The lowest BCUT2D eigenvalue weighted by molar-refractivity contribution is 0.712. The minimum Gasteiger partial charge on any atom is -0.324 e. The first kappa shape index (κ1) is 11.5. The van der Waals surface area contributed by atoms with Crippen LogP contribution in [0.2, 0.25) is 0 Å². The van der Waals surface area contributed by atoms with Crippen molar-refractivity contribution in [1.29, 1.82) is 0 Å². The van der Waals surface area contributed by atoms with Gasteiger partial charge in [0.25, 0.3) is 5.56 Å². The number of imidazole rings is 1. The average molecular weight is 256 g/mol. The Hall–Kier alpha value is -2.63. The van der Waals surface area contributed by atoms with Gasteiger partial charge in [-0.2, -0.15) is 0 Å². The summed E-state index contributed by atoms with van der Waals surface area (Å²) in [4.78, 5) is 31.6. The number of aromatic amines is 2. The molecule has 0 amide bonds. The molecule has 96 valence electrons. The molecule has 0 aliphatic rings. The Balaban J connectivity index is 1.94. The first-order valence-corrected chi connectivity index (χ1v) is 5.95. The molecule has 6 nitrogen and oxygen atoms in total. The maximum Gasteiger partial charge on any atom is 0.327 e. The molecular weight excluding hydrogens is 244 g/mol. The summed E-state index contributed by atoms with van der Waals surface area (Å²) in [6.07, 6.45) is 2.36. The van der Waals surface area contributed by atoms with Gasteiger partial charge in [0.05, 0.1) is 6.33 Å². The minimum atomic E-state index is -0.536. The van der Waals surface area contributed by atoms with Crippen molar-refractivity contribution in [1.82, 2.24) is 19.5 Å². The average Bonchev–Trinajstić information content (AvgIpc) is 2.81. The van der Waals surface area contributed by atoms with Crippen LogP contribution in [0.5, 0.6) is 0 Å². The van der Waals surface area contributed by atoms with E-state index in [1.165, 1.54) is 5.56 Å². The van der Waals surface area contributed by atoms with Crippen LogP contribution in [0.4, 0.5) is 0 Å². The van der Waals surface area contributed by atoms with Gasteiger partial charge in [0, 0.05) is 6.54 Å². The van der Waals surface area contributed by atoms with E-state index in [4.69, 9.17) is 0 Å². The normalized spacial score (nSPS) is 10.9. The molecule has 0 atom stereocenters. The van der Waals surface area contributed by atoms with Crippen LogP contribution in [0.3, 0.4) is 0 Å². The van der Waals surface area contributed by atoms with Gasteiger partial charge >= 0.3 is 5.69 Å². The molecular formula is C13H12N4O2. The van der Waals surface area contributed by atoms with Crippen LogP contribution in [0.15, 0.2) is 46.2 Å². The number of aryl methyl sites for hydroxylation is 2. The third kappa shape index (κ3) is 2.20. The van der Waals surface area contributed by atoms with Crippen LogP contribution in [0.1, 0.15) is 5.56 Å². The highest BCUT2D eigenvalue weighted by molar-refractivity contribution is 5.68. The lowest BCUT2D eigenvalue weighted by Crippen LogP contribution is -2.23. The molecule has 2 heterocycles. The quantitative estimate of drug-likeness (QED) is 0.722. The third-order valence-corrected chi connectivity index (χ3v) is 3.00. The molecule has 0 radical (unpaired) electrons. The molecule has 0 saturated carbocycles. The summed E-state index contributed by atoms with van der Waals surface area (Å²) in [5.41, 5.74) is 0.956. The van der Waals surface area contributed by atoms with Gasteiger partial charge in [-0.25, -0.2) is 9.78 Å². The largest absolute Gasteiger partial charge is 0.327 e. The predicted molar refractivity (Wildman–Crippen MR) is 71.1 cm³/mol. The van der Waals surface area contributed by atoms with E-state index in [-0.39, 0.29) is 0 Å². The van der Waals surface area contributed by atoms with Crippen LogP contribution in [-0.4, -0.2) is 19.5 Å². The summed E-state index contributed by atoms with van der Waals surface area (Å²) in [6, 6.07) is 9.99. The number of hydrogen-bond donors (Lipinski definition) is 2. The molecule has 1 aromatic carbocycles. The Morgan fingerprint density at radius 1 is 1.11 bits per heavy atom. The molecule has 0 spiro atoms. The van der Waals surface area contributed by atoms with Crippen molar-refractivity contribution in [2.24, 2.45) is 0 Å². The summed E-state index contributed by atoms with van der Waals surface area (Å²) in [5.74, 6) is 0. The number of aromatic nitrogens is 4. The van der Waals surface area contributed by atoms with Crippen molar-refractivity contribution in [3.8, 4) is 0 Å². The zero-order chi connectivity index (χ0) is 13.2. The van der Waals surface area contributed by atoms with Gasteiger partial charge in [-0.3, -0.25) is 14.8 Å². The molecule has 0 bridgehead atoms. The molecule has 3 aromatic rings. The van der Waals surface area contributed by atoms with E-state index in [1.54, 1.807) is 10.9 Å². The highest BCUT2D eigenvalue weighted by atomic mass is 16.2. The minimum absolute atomic E-state index is 0.321. The fourth-order valence-corrected chi connectivity index (χ4v) is 2.08. The second-order valence-electron chi connectivity index (χ2n) is 4.28. The number of H-pyrrole nitrogens is 2. The molecule has 3 rings (SSSR count). The van der Waals surface area contributed by atoms with Crippen LogP contribution >= 0.6 is 0 Å². The fourth-order valence-electron chi connectivity index (χ4n) is 2.08. The highest BCUT2D eigenvalue weighted by Gasteiger charge is 2.08. The molecule has 0 fully saturated rings. The van der Waals surface area contributed by atoms with Gasteiger partial charge in [-0.1, -0.05) is 30.3 Å². The van der Waals surface area contributed by atoms with E-state index in [9.17, 15) is 9.59 Å². The summed E-state index contributed by atoms with van der Waals surface area (Å²) in [7, 11) is 0. The summed E-state index contributed by atoms with van der Waals surface area (Å²) < 4.78 is 1.75. The second-order valence-corrected chi connectivity index (χ2v) is 4.28. The Morgan fingerprint density at radius 2 is 1.89 bits per heavy atom. The number of rotatable bonds is 3. The number of hydrogen-bond acceptors (Lipinski definition) is 3. The topological polar surface area (TPSA) is 83.5 Å². The Labute approximate surface area is 107 Å². The van der Waals surface area contributed by atoms with E-state index < -0.39 is 11.2 Å². The summed E-state index contributed by atoms with van der Waals surface area (Å²) >= 11 is 0. The smallest absolute Gasteiger partial charge is 0.324 e. The van der Waals surface area contributed by atoms with Crippen molar-refractivity contribution in [2.45, 2.75) is 13.0 Å². The first-order valence-electron chi connectivity index (χ1n) is 5.95. The van der Waals surface area contributed by atoms with Gasteiger partial charge in [-0.05, 0) is 12.0 Å². The monoisotopic (exact) mass is 256 g/mol. The van der Waals surface area contributed by atoms with E-state index in [2.05, 4.69) is 15.0 Å².